The predicted octanol–water partition coefficient (Wildman–Crippen LogP) is 3.72. The molecule has 4 rings (SSSR count). The molecule has 0 saturated carbocycles. The predicted molar refractivity (Wildman–Crippen MR) is 91.2 cm³/mol. The lowest BCUT2D eigenvalue weighted by atomic mass is 10.2. The van der Waals surface area contributed by atoms with E-state index >= 15 is 0 Å². The summed E-state index contributed by atoms with van der Waals surface area (Å²) in [5.74, 6) is -1.69. The zero-order valence-corrected chi connectivity index (χ0v) is 13.0. The summed E-state index contributed by atoms with van der Waals surface area (Å²) >= 11 is 0. The molecule has 0 aliphatic heterocycles. The fraction of sp³-hybridized carbons (Fsp3) is 0.0526. The van der Waals surface area contributed by atoms with E-state index in [2.05, 4.69) is 9.97 Å². The number of hydrogen-bond acceptors (Lipinski definition) is 2. The minimum Gasteiger partial charge on any atom is -0.328 e. The minimum absolute atomic E-state index is 0.0887. The number of aromatic nitrogens is 3. The maximum Gasteiger partial charge on any atom is 0.258 e. The van der Waals surface area contributed by atoms with Crippen molar-refractivity contribution in [1.82, 2.24) is 14.5 Å². The van der Waals surface area contributed by atoms with E-state index in [4.69, 9.17) is 0 Å². The zero-order valence-electron chi connectivity index (χ0n) is 13.0. The lowest BCUT2D eigenvalue weighted by Gasteiger charge is -2.09. The van der Waals surface area contributed by atoms with E-state index in [1.54, 1.807) is 16.7 Å². The van der Waals surface area contributed by atoms with E-state index in [9.17, 15) is 13.6 Å². The van der Waals surface area contributed by atoms with Crippen molar-refractivity contribution in [2.75, 3.05) is 0 Å². The SMILES string of the molecule is O=c1[nH]cccc1-c1nc2c(F)c(F)ccc2n1Cc1ccccc1. The molecule has 2 aromatic heterocycles. The molecule has 4 nitrogen and oxygen atoms in total. The Kier molecular flexibility index (Phi) is 3.65. The molecule has 0 amide bonds. The van der Waals surface area contributed by atoms with Crippen LogP contribution in [-0.2, 0) is 6.54 Å². The lowest BCUT2D eigenvalue weighted by molar-refractivity contribution is 0.515. The molecule has 0 radical (unpaired) electrons. The van der Waals surface area contributed by atoms with Gasteiger partial charge in [-0.05, 0) is 29.8 Å². The van der Waals surface area contributed by atoms with Crippen LogP contribution >= 0.6 is 0 Å². The first-order valence-electron chi connectivity index (χ1n) is 7.71. The third-order valence-corrected chi connectivity index (χ3v) is 4.05. The molecule has 0 spiro atoms. The average molecular weight is 337 g/mol. The molecule has 25 heavy (non-hydrogen) atoms. The van der Waals surface area contributed by atoms with E-state index in [1.807, 2.05) is 30.3 Å². The van der Waals surface area contributed by atoms with Gasteiger partial charge in [0.15, 0.2) is 11.6 Å². The molecule has 2 aromatic carbocycles. The number of hydrogen-bond donors (Lipinski definition) is 1. The fourth-order valence-corrected chi connectivity index (χ4v) is 2.86. The second-order valence-corrected chi connectivity index (χ2v) is 5.65. The maximum atomic E-state index is 14.2. The third kappa shape index (κ3) is 2.61. The standard InChI is InChI=1S/C19H13F2N3O/c20-14-8-9-15-17(16(14)21)23-18(13-7-4-10-22-19(13)25)24(15)11-12-5-2-1-3-6-12/h1-10H,11H2,(H,22,25). The average Bonchev–Trinajstić information content (AvgIpc) is 2.98. The molecular weight excluding hydrogens is 324 g/mol. The summed E-state index contributed by atoms with van der Waals surface area (Å²) in [5.41, 5.74) is 1.26. The molecular formula is C19H13F2N3O. The Bertz CT molecular complexity index is 1120. The van der Waals surface area contributed by atoms with Crippen molar-refractivity contribution < 1.29 is 8.78 Å². The Morgan fingerprint density at radius 2 is 1.80 bits per heavy atom. The molecule has 4 aromatic rings. The van der Waals surface area contributed by atoms with Gasteiger partial charge in [-0.3, -0.25) is 4.79 Å². The van der Waals surface area contributed by atoms with Gasteiger partial charge in [-0.1, -0.05) is 30.3 Å². The molecule has 1 N–H and O–H groups in total. The molecule has 0 unspecified atom stereocenters. The number of nitrogens with one attached hydrogen (secondary N) is 1. The summed E-state index contributed by atoms with van der Waals surface area (Å²) < 4.78 is 29.5. The van der Waals surface area contributed by atoms with Gasteiger partial charge >= 0.3 is 0 Å². The highest BCUT2D eigenvalue weighted by atomic mass is 19.2. The Labute approximate surface area is 141 Å². The first-order valence-corrected chi connectivity index (χ1v) is 7.71. The van der Waals surface area contributed by atoms with Crippen molar-refractivity contribution in [3.63, 3.8) is 0 Å². The number of nitrogens with zero attached hydrogens (tertiary/aromatic N) is 2. The molecule has 2 heterocycles. The highest BCUT2D eigenvalue weighted by Crippen LogP contribution is 2.27. The Balaban J connectivity index is 2.01. The number of pyridine rings is 1. The topological polar surface area (TPSA) is 50.7 Å². The number of rotatable bonds is 3. The van der Waals surface area contributed by atoms with Gasteiger partial charge in [0.2, 0.25) is 0 Å². The Hall–Kier alpha value is -3.28. The summed E-state index contributed by atoms with van der Waals surface area (Å²) in [6.45, 7) is 0.381. The molecule has 0 atom stereocenters. The van der Waals surface area contributed by atoms with E-state index < -0.39 is 11.6 Å². The van der Waals surface area contributed by atoms with Crippen molar-refractivity contribution in [2.45, 2.75) is 6.54 Å². The van der Waals surface area contributed by atoms with E-state index in [0.717, 1.165) is 11.6 Å². The monoisotopic (exact) mass is 337 g/mol. The second-order valence-electron chi connectivity index (χ2n) is 5.65. The lowest BCUT2D eigenvalue weighted by Crippen LogP contribution is -2.11. The van der Waals surface area contributed by atoms with Gasteiger partial charge in [0.05, 0.1) is 11.1 Å². The first kappa shape index (κ1) is 15.3. The summed E-state index contributed by atoms with van der Waals surface area (Å²) in [7, 11) is 0. The molecule has 0 bridgehead atoms. The number of aromatic amines is 1. The van der Waals surface area contributed by atoms with Crippen LogP contribution in [-0.4, -0.2) is 14.5 Å². The number of benzene rings is 2. The minimum atomic E-state index is -1.02. The quantitative estimate of drug-likeness (QED) is 0.619. The van der Waals surface area contributed by atoms with Gasteiger partial charge in [0, 0.05) is 12.7 Å². The summed E-state index contributed by atoms with van der Waals surface area (Å²) in [4.78, 5) is 19.0. The highest BCUT2D eigenvalue weighted by molar-refractivity contribution is 5.81. The Morgan fingerprint density at radius 1 is 1.00 bits per heavy atom. The van der Waals surface area contributed by atoms with E-state index in [-0.39, 0.29) is 11.1 Å². The second kappa shape index (κ2) is 5.98. The van der Waals surface area contributed by atoms with Gasteiger partial charge in [-0.2, -0.15) is 0 Å². The van der Waals surface area contributed by atoms with Gasteiger partial charge in [0.25, 0.3) is 5.56 Å². The van der Waals surface area contributed by atoms with Crippen LogP contribution in [0.25, 0.3) is 22.4 Å². The smallest absolute Gasteiger partial charge is 0.258 e. The largest absolute Gasteiger partial charge is 0.328 e. The highest BCUT2D eigenvalue weighted by Gasteiger charge is 2.19. The molecule has 0 aliphatic carbocycles. The first-order chi connectivity index (χ1) is 12.1. The van der Waals surface area contributed by atoms with Crippen LogP contribution in [0.15, 0.2) is 65.6 Å². The molecule has 0 fully saturated rings. The summed E-state index contributed by atoms with van der Waals surface area (Å²) in [5, 5.41) is 0. The number of H-pyrrole nitrogens is 1. The summed E-state index contributed by atoms with van der Waals surface area (Å²) in [6.07, 6.45) is 1.51. The van der Waals surface area contributed by atoms with Crippen LogP contribution in [0.3, 0.4) is 0 Å². The van der Waals surface area contributed by atoms with Gasteiger partial charge < -0.3 is 9.55 Å². The molecule has 124 valence electrons. The van der Waals surface area contributed by atoms with Gasteiger partial charge in [-0.25, -0.2) is 13.8 Å². The third-order valence-electron chi connectivity index (χ3n) is 4.05. The van der Waals surface area contributed by atoms with Crippen LogP contribution in [0.5, 0.6) is 0 Å². The van der Waals surface area contributed by atoms with Crippen LogP contribution in [0.4, 0.5) is 8.78 Å². The molecule has 0 saturated heterocycles. The van der Waals surface area contributed by atoms with Gasteiger partial charge in [0.1, 0.15) is 11.3 Å². The molecule has 6 heteroatoms. The Morgan fingerprint density at radius 3 is 2.56 bits per heavy atom. The van der Waals surface area contributed by atoms with Gasteiger partial charge in [-0.15, -0.1) is 0 Å². The fourth-order valence-electron chi connectivity index (χ4n) is 2.86. The summed E-state index contributed by atoms with van der Waals surface area (Å²) in [6, 6.07) is 15.3. The van der Waals surface area contributed by atoms with E-state index in [0.29, 0.717) is 23.4 Å². The van der Waals surface area contributed by atoms with Crippen molar-refractivity contribution in [3.05, 3.63) is 88.3 Å². The van der Waals surface area contributed by atoms with Crippen LogP contribution < -0.4 is 5.56 Å². The van der Waals surface area contributed by atoms with Crippen molar-refractivity contribution >= 4 is 11.0 Å². The van der Waals surface area contributed by atoms with Crippen molar-refractivity contribution in [2.24, 2.45) is 0 Å². The van der Waals surface area contributed by atoms with Crippen molar-refractivity contribution in [1.29, 1.82) is 0 Å². The molecule has 0 aliphatic rings. The van der Waals surface area contributed by atoms with Crippen LogP contribution in [0, 0.1) is 11.6 Å². The number of imidazole rings is 1. The van der Waals surface area contributed by atoms with Crippen LogP contribution in [0.2, 0.25) is 0 Å². The van der Waals surface area contributed by atoms with Crippen molar-refractivity contribution in [3.8, 4) is 11.4 Å². The number of fused-ring (bicyclic) bond motifs is 1. The van der Waals surface area contributed by atoms with Crippen LogP contribution in [0.1, 0.15) is 5.56 Å². The maximum absolute atomic E-state index is 14.2. The van der Waals surface area contributed by atoms with E-state index in [1.165, 1.54) is 12.3 Å². The zero-order chi connectivity index (χ0) is 17.4. The number of halogens is 2. The normalized spacial score (nSPS) is 11.1.